The van der Waals surface area contributed by atoms with Gasteiger partial charge < -0.3 is 9.64 Å². The topological polar surface area (TPSA) is 109 Å². The molecular formula is C19H23N7NaO2+. The third-order valence-corrected chi connectivity index (χ3v) is 4.20. The molecule has 0 fully saturated rings. The average molecular weight is 404 g/mol. The quantitative estimate of drug-likeness (QED) is 0.499. The molecule has 0 bridgehead atoms. The van der Waals surface area contributed by atoms with Crippen LogP contribution in [0.15, 0.2) is 36.4 Å². The standard InChI is InChI=1S/C19H23N7O2.Na/c1-4-26(5-2)14-9-7-13(8-10-14)16-11-15(28-6-3)12-17(20-16)18(27)21-19-22-24-25-23-19;/h7-12H,4-6H2,1-3H3,(H2,21,22,23,24,25,27);/q;+1. The van der Waals surface area contributed by atoms with E-state index in [4.69, 9.17) is 4.74 Å². The molecule has 0 saturated carbocycles. The number of hydrogen-bond acceptors (Lipinski definition) is 7. The molecular weight excluding hydrogens is 381 g/mol. The van der Waals surface area contributed by atoms with E-state index in [1.54, 1.807) is 6.07 Å². The summed E-state index contributed by atoms with van der Waals surface area (Å²) in [7, 11) is 0. The van der Waals surface area contributed by atoms with E-state index in [0.29, 0.717) is 18.1 Å². The summed E-state index contributed by atoms with van der Waals surface area (Å²) in [6.45, 7) is 8.50. The van der Waals surface area contributed by atoms with E-state index < -0.39 is 5.91 Å². The maximum absolute atomic E-state index is 12.5. The molecule has 2 heterocycles. The van der Waals surface area contributed by atoms with Crippen LogP contribution >= 0.6 is 0 Å². The van der Waals surface area contributed by atoms with Gasteiger partial charge in [-0.1, -0.05) is 17.2 Å². The molecule has 3 aromatic rings. The van der Waals surface area contributed by atoms with E-state index in [1.165, 1.54) is 0 Å². The van der Waals surface area contributed by atoms with Gasteiger partial charge in [0.05, 0.1) is 12.3 Å². The van der Waals surface area contributed by atoms with Crippen LogP contribution in [0, 0.1) is 0 Å². The van der Waals surface area contributed by atoms with Gasteiger partial charge in [-0.3, -0.25) is 10.1 Å². The third kappa shape index (κ3) is 5.75. The number of carbonyl (C=O) groups is 1. The minimum Gasteiger partial charge on any atom is -0.494 e. The monoisotopic (exact) mass is 404 g/mol. The number of aromatic nitrogens is 5. The van der Waals surface area contributed by atoms with Gasteiger partial charge in [-0.2, -0.15) is 5.21 Å². The van der Waals surface area contributed by atoms with Crippen LogP contribution in [0.25, 0.3) is 11.3 Å². The zero-order valence-electron chi connectivity index (χ0n) is 17.1. The Balaban J connectivity index is 0.00000300. The first-order chi connectivity index (χ1) is 13.6. The maximum Gasteiger partial charge on any atom is 1.00 e. The van der Waals surface area contributed by atoms with E-state index in [2.05, 4.69) is 61.8 Å². The van der Waals surface area contributed by atoms with Crippen molar-refractivity contribution in [3.63, 3.8) is 0 Å². The largest absolute Gasteiger partial charge is 1.00 e. The Kier molecular flexibility index (Phi) is 8.56. The van der Waals surface area contributed by atoms with Crippen molar-refractivity contribution in [2.24, 2.45) is 0 Å². The number of rotatable bonds is 8. The number of H-pyrrole nitrogens is 1. The molecule has 0 saturated heterocycles. The number of anilines is 2. The first kappa shape index (κ1) is 22.8. The average Bonchev–Trinajstić information content (AvgIpc) is 3.22. The van der Waals surface area contributed by atoms with Crippen molar-refractivity contribution in [2.45, 2.75) is 20.8 Å². The van der Waals surface area contributed by atoms with E-state index in [1.807, 2.05) is 25.1 Å². The van der Waals surface area contributed by atoms with Gasteiger partial charge in [0.15, 0.2) is 0 Å². The van der Waals surface area contributed by atoms with Crippen molar-refractivity contribution in [3.05, 3.63) is 42.1 Å². The number of pyridine rings is 1. The molecule has 0 spiro atoms. The number of amides is 1. The second-order valence-corrected chi connectivity index (χ2v) is 5.92. The molecule has 0 aliphatic rings. The molecule has 9 nitrogen and oxygen atoms in total. The second kappa shape index (κ2) is 10.9. The molecule has 3 rings (SSSR count). The Labute approximate surface area is 191 Å². The Bertz CT molecular complexity index is 913. The fraction of sp³-hybridized carbons (Fsp3) is 0.316. The first-order valence-corrected chi connectivity index (χ1v) is 9.19. The van der Waals surface area contributed by atoms with Gasteiger partial charge in [0, 0.05) is 36.5 Å². The van der Waals surface area contributed by atoms with Gasteiger partial charge >= 0.3 is 29.6 Å². The predicted molar refractivity (Wildman–Crippen MR) is 107 cm³/mol. The van der Waals surface area contributed by atoms with E-state index in [0.717, 1.165) is 24.3 Å². The van der Waals surface area contributed by atoms with Crippen LogP contribution in [-0.2, 0) is 0 Å². The van der Waals surface area contributed by atoms with Crippen LogP contribution in [0.4, 0.5) is 11.6 Å². The van der Waals surface area contributed by atoms with Gasteiger partial charge in [0.2, 0.25) is 0 Å². The summed E-state index contributed by atoms with van der Waals surface area (Å²) in [5, 5.41) is 15.7. The van der Waals surface area contributed by atoms with Gasteiger partial charge in [-0.25, -0.2) is 4.98 Å². The van der Waals surface area contributed by atoms with Crippen molar-refractivity contribution in [2.75, 3.05) is 29.9 Å². The summed E-state index contributed by atoms with van der Waals surface area (Å²) >= 11 is 0. The summed E-state index contributed by atoms with van der Waals surface area (Å²) in [5.41, 5.74) is 2.89. The molecule has 0 radical (unpaired) electrons. The van der Waals surface area contributed by atoms with E-state index in [-0.39, 0.29) is 41.2 Å². The molecule has 29 heavy (non-hydrogen) atoms. The third-order valence-electron chi connectivity index (χ3n) is 4.20. The molecule has 0 unspecified atom stereocenters. The normalized spacial score (nSPS) is 10.2. The Morgan fingerprint density at radius 1 is 1.14 bits per heavy atom. The van der Waals surface area contributed by atoms with Crippen LogP contribution in [0.5, 0.6) is 5.75 Å². The molecule has 146 valence electrons. The van der Waals surface area contributed by atoms with Crippen molar-refractivity contribution >= 4 is 17.5 Å². The summed E-state index contributed by atoms with van der Waals surface area (Å²) < 4.78 is 5.61. The molecule has 0 atom stereocenters. The van der Waals surface area contributed by atoms with Crippen molar-refractivity contribution in [3.8, 4) is 17.0 Å². The van der Waals surface area contributed by atoms with Crippen LogP contribution in [-0.4, -0.2) is 51.2 Å². The van der Waals surface area contributed by atoms with Crippen molar-refractivity contribution in [1.82, 2.24) is 25.6 Å². The maximum atomic E-state index is 12.5. The molecule has 10 heteroatoms. The summed E-state index contributed by atoms with van der Waals surface area (Å²) in [5.74, 6) is 0.210. The number of carbonyl (C=O) groups excluding carboxylic acids is 1. The zero-order valence-corrected chi connectivity index (χ0v) is 19.1. The molecule has 2 aromatic heterocycles. The van der Waals surface area contributed by atoms with Crippen LogP contribution < -0.4 is 44.5 Å². The molecule has 1 amide bonds. The summed E-state index contributed by atoms with van der Waals surface area (Å²) in [6, 6.07) is 11.5. The first-order valence-electron chi connectivity index (χ1n) is 9.19. The van der Waals surface area contributed by atoms with Crippen molar-refractivity contribution in [1.29, 1.82) is 0 Å². The number of aromatic amines is 1. The molecule has 0 aliphatic carbocycles. The molecule has 1 aromatic carbocycles. The van der Waals surface area contributed by atoms with Gasteiger partial charge in [0.25, 0.3) is 11.9 Å². The SMILES string of the molecule is CCOc1cc(C(=O)Nc2nn[nH]n2)nc(-c2ccc(N(CC)CC)cc2)c1.[Na+]. The Morgan fingerprint density at radius 3 is 2.45 bits per heavy atom. The molecule has 2 N–H and O–H groups in total. The van der Waals surface area contributed by atoms with Gasteiger partial charge in [-0.15, -0.1) is 5.10 Å². The van der Waals surface area contributed by atoms with Gasteiger partial charge in [-0.05, 0) is 38.1 Å². The van der Waals surface area contributed by atoms with E-state index in [9.17, 15) is 4.79 Å². The summed E-state index contributed by atoms with van der Waals surface area (Å²) in [6.07, 6.45) is 0. The van der Waals surface area contributed by atoms with Gasteiger partial charge in [0.1, 0.15) is 11.4 Å². The number of hydrogen-bond donors (Lipinski definition) is 2. The fourth-order valence-electron chi connectivity index (χ4n) is 2.83. The number of nitrogens with one attached hydrogen (secondary N) is 2. The van der Waals surface area contributed by atoms with Crippen molar-refractivity contribution < 1.29 is 39.1 Å². The number of benzene rings is 1. The molecule has 0 aliphatic heterocycles. The fourth-order valence-corrected chi connectivity index (χ4v) is 2.83. The minimum atomic E-state index is -0.441. The number of nitrogens with zero attached hydrogens (tertiary/aromatic N) is 5. The summed E-state index contributed by atoms with van der Waals surface area (Å²) in [4.78, 5) is 19.3. The van der Waals surface area contributed by atoms with Crippen LogP contribution in [0.2, 0.25) is 0 Å². The van der Waals surface area contributed by atoms with Crippen LogP contribution in [0.1, 0.15) is 31.3 Å². The second-order valence-electron chi connectivity index (χ2n) is 5.92. The number of ether oxygens (including phenoxy) is 1. The van der Waals surface area contributed by atoms with E-state index >= 15 is 0 Å². The zero-order chi connectivity index (χ0) is 19.9. The smallest absolute Gasteiger partial charge is 0.494 e. The number of tetrazole rings is 1. The minimum absolute atomic E-state index is 0. The predicted octanol–water partition coefficient (Wildman–Crippen LogP) is -0.237. The van der Waals surface area contributed by atoms with Crippen LogP contribution in [0.3, 0.4) is 0 Å². The Hall–Kier alpha value is -2.49. The Morgan fingerprint density at radius 2 is 1.86 bits per heavy atom.